The highest BCUT2D eigenvalue weighted by atomic mass is 16.5. The van der Waals surface area contributed by atoms with E-state index in [9.17, 15) is 0 Å². The van der Waals surface area contributed by atoms with E-state index in [1.165, 1.54) is 19.3 Å². The van der Waals surface area contributed by atoms with Gasteiger partial charge in [0, 0.05) is 7.11 Å². The van der Waals surface area contributed by atoms with Crippen molar-refractivity contribution in [3.63, 3.8) is 0 Å². The predicted octanol–water partition coefficient (Wildman–Crippen LogP) is 3.51. The number of rotatable bonds is 2. The van der Waals surface area contributed by atoms with Crippen LogP contribution in [0.4, 0.5) is 0 Å². The first kappa shape index (κ1) is 10.6. The van der Waals surface area contributed by atoms with E-state index in [1.807, 2.05) is 7.11 Å². The minimum Gasteiger partial charge on any atom is -0.379 e. The molecule has 0 radical (unpaired) electrons. The van der Waals surface area contributed by atoms with Crippen LogP contribution in [-0.2, 0) is 4.74 Å². The Labute approximate surface area is 105 Å². The molecule has 4 aliphatic rings. The van der Waals surface area contributed by atoms with E-state index >= 15 is 0 Å². The normalized spacial score (nSPS) is 54.6. The van der Waals surface area contributed by atoms with E-state index in [0.29, 0.717) is 0 Å². The number of ether oxygens (including phenoxy) is 1. The van der Waals surface area contributed by atoms with Crippen molar-refractivity contribution in [1.29, 1.82) is 0 Å². The van der Waals surface area contributed by atoms with Crippen LogP contribution in [0.1, 0.15) is 33.1 Å². The van der Waals surface area contributed by atoms with Gasteiger partial charge in [-0.1, -0.05) is 12.2 Å². The standard InChI is InChI=1S/C16H24O/c1-16(2,17-3)13-8-11-7-12(13)15-10-5-4-9(6-10)14(11)15/h4-5,9-15H,6-8H2,1-3H3. The first-order valence-electron chi connectivity index (χ1n) is 7.35. The average molecular weight is 232 g/mol. The van der Waals surface area contributed by atoms with Gasteiger partial charge >= 0.3 is 0 Å². The molecule has 3 fully saturated rings. The van der Waals surface area contributed by atoms with Gasteiger partial charge in [0.05, 0.1) is 5.60 Å². The lowest BCUT2D eigenvalue weighted by Crippen LogP contribution is -2.42. The summed E-state index contributed by atoms with van der Waals surface area (Å²) in [6.07, 6.45) is 9.47. The van der Waals surface area contributed by atoms with Crippen LogP contribution >= 0.6 is 0 Å². The number of allylic oxidation sites excluding steroid dienone is 2. The van der Waals surface area contributed by atoms with Gasteiger partial charge in [-0.25, -0.2) is 0 Å². The Hall–Kier alpha value is -0.300. The van der Waals surface area contributed by atoms with E-state index in [4.69, 9.17) is 4.74 Å². The van der Waals surface area contributed by atoms with E-state index in [0.717, 1.165) is 41.4 Å². The maximum atomic E-state index is 5.78. The van der Waals surface area contributed by atoms with Crippen molar-refractivity contribution in [3.8, 4) is 0 Å². The van der Waals surface area contributed by atoms with Crippen LogP contribution in [0.2, 0.25) is 0 Å². The monoisotopic (exact) mass is 232 g/mol. The van der Waals surface area contributed by atoms with Crippen molar-refractivity contribution < 1.29 is 4.74 Å². The number of methoxy groups -OCH3 is 1. The zero-order valence-electron chi connectivity index (χ0n) is 11.2. The highest BCUT2D eigenvalue weighted by Gasteiger charge is 2.62. The molecule has 0 aromatic carbocycles. The van der Waals surface area contributed by atoms with Gasteiger partial charge in [-0.3, -0.25) is 0 Å². The minimum atomic E-state index is 0.0932. The molecule has 4 bridgehead atoms. The molecule has 4 aliphatic carbocycles. The topological polar surface area (TPSA) is 9.23 Å². The quantitative estimate of drug-likeness (QED) is 0.523. The Bertz CT molecular complexity index is 370. The molecule has 0 N–H and O–H groups in total. The lowest BCUT2D eigenvalue weighted by Gasteiger charge is -2.43. The molecule has 7 unspecified atom stereocenters. The van der Waals surface area contributed by atoms with Crippen molar-refractivity contribution in [2.45, 2.75) is 38.7 Å². The van der Waals surface area contributed by atoms with Gasteiger partial charge in [-0.05, 0) is 74.5 Å². The summed E-state index contributed by atoms with van der Waals surface area (Å²) in [6.45, 7) is 4.60. The Kier molecular flexibility index (Phi) is 1.98. The Morgan fingerprint density at radius 2 is 1.71 bits per heavy atom. The number of hydrogen-bond donors (Lipinski definition) is 0. The fourth-order valence-corrected chi connectivity index (χ4v) is 5.97. The van der Waals surface area contributed by atoms with Crippen molar-refractivity contribution in [3.05, 3.63) is 12.2 Å². The summed E-state index contributed by atoms with van der Waals surface area (Å²) in [4.78, 5) is 0. The van der Waals surface area contributed by atoms with Crippen molar-refractivity contribution in [1.82, 2.24) is 0 Å². The zero-order chi connectivity index (χ0) is 11.8. The molecule has 7 atom stereocenters. The van der Waals surface area contributed by atoms with Gasteiger partial charge in [-0.15, -0.1) is 0 Å². The summed E-state index contributed by atoms with van der Waals surface area (Å²) in [7, 11) is 1.89. The van der Waals surface area contributed by atoms with Gasteiger partial charge in [-0.2, -0.15) is 0 Å². The molecule has 0 spiro atoms. The largest absolute Gasteiger partial charge is 0.379 e. The second-order valence-electron chi connectivity index (χ2n) is 7.41. The van der Waals surface area contributed by atoms with E-state index in [-0.39, 0.29) is 5.60 Å². The van der Waals surface area contributed by atoms with Gasteiger partial charge in [0.15, 0.2) is 0 Å². The van der Waals surface area contributed by atoms with Gasteiger partial charge in [0.25, 0.3) is 0 Å². The maximum absolute atomic E-state index is 5.78. The molecule has 0 amide bonds. The molecule has 0 saturated heterocycles. The van der Waals surface area contributed by atoms with Gasteiger partial charge in [0.2, 0.25) is 0 Å². The van der Waals surface area contributed by atoms with Gasteiger partial charge in [0.1, 0.15) is 0 Å². The minimum absolute atomic E-state index is 0.0932. The molecule has 1 nitrogen and oxygen atoms in total. The molecule has 1 heteroatoms. The smallest absolute Gasteiger partial charge is 0.0653 e. The van der Waals surface area contributed by atoms with Crippen LogP contribution in [0.5, 0.6) is 0 Å². The maximum Gasteiger partial charge on any atom is 0.0653 e. The molecule has 0 aromatic rings. The molecular weight excluding hydrogens is 208 g/mol. The molecule has 94 valence electrons. The van der Waals surface area contributed by atoms with Crippen molar-refractivity contribution in [2.24, 2.45) is 41.4 Å². The summed E-state index contributed by atoms with van der Waals surface area (Å²) < 4.78 is 5.78. The number of fused-ring (bicyclic) bond motifs is 9. The van der Waals surface area contributed by atoms with Crippen LogP contribution in [0.3, 0.4) is 0 Å². The summed E-state index contributed by atoms with van der Waals surface area (Å²) in [5, 5.41) is 0. The fraction of sp³-hybridized carbons (Fsp3) is 0.875. The first-order chi connectivity index (χ1) is 8.12. The number of hydrogen-bond acceptors (Lipinski definition) is 1. The van der Waals surface area contributed by atoms with Gasteiger partial charge < -0.3 is 4.74 Å². The third kappa shape index (κ3) is 1.19. The Balaban J connectivity index is 1.65. The van der Waals surface area contributed by atoms with Crippen LogP contribution < -0.4 is 0 Å². The lowest BCUT2D eigenvalue weighted by molar-refractivity contribution is -0.0642. The molecule has 0 aromatic heterocycles. The van der Waals surface area contributed by atoms with Crippen LogP contribution in [0, 0.1) is 41.4 Å². The average Bonchev–Trinajstić information content (AvgIpc) is 3.05. The molecule has 0 aliphatic heterocycles. The summed E-state index contributed by atoms with van der Waals surface area (Å²) >= 11 is 0. The molecule has 17 heavy (non-hydrogen) atoms. The third-order valence-electron chi connectivity index (χ3n) is 6.69. The zero-order valence-corrected chi connectivity index (χ0v) is 11.2. The highest BCUT2D eigenvalue weighted by molar-refractivity contribution is 5.21. The Morgan fingerprint density at radius 3 is 2.41 bits per heavy atom. The molecular formula is C16H24O. The molecule has 4 rings (SSSR count). The SMILES string of the molecule is COC(C)(C)C1CC2CC1C1C3C=CC(C3)C21. The first-order valence-corrected chi connectivity index (χ1v) is 7.35. The summed E-state index contributed by atoms with van der Waals surface area (Å²) in [5.74, 6) is 6.74. The van der Waals surface area contributed by atoms with Crippen molar-refractivity contribution >= 4 is 0 Å². The Morgan fingerprint density at radius 1 is 1.00 bits per heavy atom. The van der Waals surface area contributed by atoms with E-state index < -0.39 is 0 Å². The highest BCUT2D eigenvalue weighted by Crippen LogP contribution is 2.68. The van der Waals surface area contributed by atoms with Crippen molar-refractivity contribution in [2.75, 3.05) is 7.11 Å². The molecule has 3 saturated carbocycles. The van der Waals surface area contributed by atoms with Crippen LogP contribution in [0.15, 0.2) is 12.2 Å². The van der Waals surface area contributed by atoms with E-state index in [1.54, 1.807) is 0 Å². The van der Waals surface area contributed by atoms with E-state index in [2.05, 4.69) is 26.0 Å². The lowest BCUT2D eigenvalue weighted by atomic mass is 9.65. The van der Waals surface area contributed by atoms with Crippen LogP contribution in [-0.4, -0.2) is 12.7 Å². The summed E-state index contributed by atoms with van der Waals surface area (Å²) in [5.41, 5.74) is 0.0932. The molecule has 0 heterocycles. The fourth-order valence-electron chi connectivity index (χ4n) is 5.97. The second-order valence-corrected chi connectivity index (χ2v) is 7.41. The second kappa shape index (κ2) is 3.17. The predicted molar refractivity (Wildman–Crippen MR) is 68.5 cm³/mol. The summed E-state index contributed by atoms with van der Waals surface area (Å²) in [6, 6.07) is 0. The van der Waals surface area contributed by atoms with Crippen LogP contribution in [0.25, 0.3) is 0 Å². The third-order valence-corrected chi connectivity index (χ3v) is 6.69.